The predicted octanol–water partition coefficient (Wildman–Crippen LogP) is 3.84. The van der Waals surface area contributed by atoms with E-state index in [1.807, 2.05) is 13.8 Å². The number of likely N-dealkylation sites (N-methyl/N-ethyl adjacent to an activating group) is 1. The van der Waals surface area contributed by atoms with Gasteiger partial charge in [0.05, 0.1) is 5.02 Å². The molecule has 2 aromatic rings. The lowest BCUT2D eigenvalue weighted by atomic mass is 10.2. The molecule has 0 bridgehead atoms. The van der Waals surface area contributed by atoms with E-state index < -0.39 is 0 Å². The summed E-state index contributed by atoms with van der Waals surface area (Å²) in [4.78, 5) is 25.9. The molecule has 2 aromatic carbocycles. The van der Waals surface area contributed by atoms with Gasteiger partial charge in [0.1, 0.15) is 5.75 Å². The maximum absolute atomic E-state index is 12.2. The number of nitrogens with one attached hydrogen (secondary N) is 1. The van der Waals surface area contributed by atoms with E-state index in [1.165, 1.54) is 0 Å². The molecule has 0 aliphatic rings. The normalized spacial score (nSPS) is 9.89. The van der Waals surface area contributed by atoms with Crippen molar-refractivity contribution in [2.75, 3.05) is 30.7 Å². The third kappa shape index (κ3) is 6.34. The Morgan fingerprint density at radius 3 is 2.44 bits per heavy atom. The van der Waals surface area contributed by atoms with Crippen LogP contribution >= 0.6 is 24.0 Å². The highest BCUT2D eigenvalue weighted by molar-refractivity contribution is 6.32. The summed E-state index contributed by atoms with van der Waals surface area (Å²) in [7, 11) is 0. The lowest BCUT2D eigenvalue weighted by molar-refractivity contribution is -0.132. The van der Waals surface area contributed by atoms with Crippen LogP contribution in [-0.4, -0.2) is 36.4 Å². The number of benzene rings is 2. The second-order valence-corrected chi connectivity index (χ2v) is 5.99. The van der Waals surface area contributed by atoms with Gasteiger partial charge < -0.3 is 20.7 Å². The molecule has 0 heterocycles. The van der Waals surface area contributed by atoms with Gasteiger partial charge >= 0.3 is 0 Å². The standard InChI is InChI=1S/C19H22ClN3O3.ClH/c1-3-23(4-2)18(24)12-26-17-9-8-15(11-16(17)20)22-19(25)13-6-5-7-14(21)10-13;/h5-11H,3-4,12,21H2,1-2H3,(H,22,25);1H. The first kappa shape index (κ1) is 22.6. The minimum Gasteiger partial charge on any atom is -0.482 e. The first-order chi connectivity index (χ1) is 12.4. The summed E-state index contributed by atoms with van der Waals surface area (Å²) in [5, 5.41) is 3.05. The zero-order valence-electron chi connectivity index (χ0n) is 15.2. The highest BCUT2D eigenvalue weighted by Crippen LogP contribution is 2.28. The third-order valence-electron chi connectivity index (χ3n) is 3.81. The van der Waals surface area contributed by atoms with Gasteiger partial charge in [-0.15, -0.1) is 12.4 Å². The SMILES string of the molecule is CCN(CC)C(=O)COc1ccc(NC(=O)c2cccc(N)c2)cc1Cl.Cl. The molecule has 27 heavy (non-hydrogen) atoms. The van der Waals surface area contributed by atoms with E-state index >= 15 is 0 Å². The summed E-state index contributed by atoms with van der Waals surface area (Å²) in [6.07, 6.45) is 0. The third-order valence-corrected chi connectivity index (χ3v) is 4.10. The lowest BCUT2D eigenvalue weighted by Gasteiger charge is -2.19. The van der Waals surface area contributed by atoms with E-state index in [0.29, 0.717) is 40.8 Å². The Labute approximate surface area is 170 Å². The molecular formula is C19H23Cl2N3O3. The predicted molar refractivity (Wildman–Crippen MR) is 111 cm³/mol. The van der Waals surface area contributed by atoms with E-state index in [1.54, 1.807) is 47.4 Å². The minimum absolute atomic E-state index is 0. The number of nitrogens with zero attached hydrogens (tertiary/aromatic N) is 1. The zero-order chi connectivity index (χ0) is 19.1. The second kappa shape index (κ2) is 10.6. The van der Waals surface area contributed by atoms with Crippen LogP contribution in [0, 0.1) is 0 Å². The van der Waals surface area contributed by atoms with Gasteiger partial charge in [0.25, 0.3) is 11.8 Å². The summed E-state index contributed by atoms with van der Waals surface area (Å²) >= 11 is 6.19. The molecule has 0 atom stereocenters. The molecule has 3 N–H and O–H groups in total. The molecule has 0 aliphatic heterocycles. The Balaban J connectivity index is 0.00000364. The van der Waals surface area contributed by atoms with Crippen molar-refractivity contribution < 1.29 is 14.3 Å². The lowest BCUT2D eigenvalue weighted by Crippen LogP contribution is -2.34. The average Bonchev–Trinajstić information content (AvgIpc) is 2.62. The van der Waals surface area contributed by atoms with Gasteiger partial charge in [0, 0.05) is 30.0 Å². The van der Waals surface area contributed by atoms with E-state index in [2.05, 4.69) is 5.32 Å². The smallest absolute Gasteiger partial charge is 0.260 e. The summed E-state index contributed by atoms with van der Waals surface area (Å²) in [5.74, 6) is -0.0158. The van der Waals surface area contributed by atoms with E-state index in [9.17, 15) is 9.59 Å². The Hall–Kier alpha value is -2.44. The van der Waals surface area contributed by atoms with Crippen molar-refractivity contribution in [2.45, 2.75) is 13.8 Å². The average molecular weight is 412 g/mol. The van der Waals surface area contributed by atoms with Crippen LogP contribution in [0.4, 0.5) is 11.4 Å². The Kier molecular flexibility index (Phi) is 8.91. The molecule has 8 heteroatoms. The van der Waals surface area contributed by atoms with Crippen molar-refractivity contribution in [3.8, 4) is 5.75 Å². The molecule has 146 valence electrons. The molecule has 0 aliphatic carbocycles. The molecule has 0 spiro atoms. The summed E-state index contributed by atoms with van der Waals surface area (Å²) in [5.41, 5.74) is 7.16. The van der Waals surface area contributed by atoms with E-state index in [4.69, 9.17) is 22.1 Å². The van der Waals surface area contributed by atoms with Gasteiger partial charge in [-0.1, -0.05) is 17.7 Å². The van der Waals surface area contributed by atoms with Crippen molar-refractivity contribution in [3.05, 3.63) is 53.1 Å². The number of nitrogen functional groups attached to an aromatic ring is 1. The van der Waals surface area contributed by atoms with Crippen LogP contribution in [0.1, 0.15) is 24.2 Å². The largest absolute Gasteiger partial charge is 0.482 e. The number of anilines is 2. The van der Waals surface area contributed by atoms with Crippen LogP contribution in [0.3, 0.4) is 0 Å². The Morgan fingerprint density at radius 1 is 1.15 bits per heavy atom. The van der Waals surface area contributed by atoms with Crippen molar-refractivity contribution in [2.24, 2.45) is 0 Å². The number of nitrogens with two attached hydrogens (primary N) is 1. The highest BCUT2D eigenvalue weighted by Gasteiger charge is 2.12. The number of halogens is 2. The molecule has 0 saturated heterocycles. The van der Waals surface area contributed by atoms with Crippen molar-refractivity contribution in [1.29, 1.82) is 0 Å². The van der Waals surface area contributed by atoms with Gasteiger partial charge in [-0.2, -0.15) is 0 Å². The number of ether oxygens (including phenoxy) is 1. The first-order valence-electron chi connectivity index (χ1n) is 8.31. The van der Waals surface area contributed by atoms with Crippen LogP contribution in [0.25, 0.3) is 0 Å². The monoisotopic (exact) mass is 411 g/mol. The maximum atomic E-state index is 12.2. The summed E-state index contributed by atoms with van der Waals surface area (Å²) in [6, 6.07) is 11.5. The number of carbonyl (C=O) groups is 2. The van der Waals surface area contributed by atoms with E-state index in [-0.39, 0.29) is 30.8 Å². The number of amides is 2. The molecule has 0 fully saturated rings. The van der Waals surface area contributed by atoms with Crippen molar-refractivity contribution in [1.82, 2.24) is 4.90 Å². The topological polar surface area (TPSA) is 84.7 Å². The van der Waals surface area contributed by atoms with Crippen molar-refractivity contribution >= 4 is 47.2 Å². The quantitative estimate of drug-likeness (QED) is 0.677. The number of rotatable bonds is 7. The van der Waals surface area contributed by atoms with Crippen molar-refractivity contribution in [3.63, 3.8) is 0 Å². The molecular weight excluding hydrogens is 389 g/mol. The van der Waals surface area contributed by atoms with Crippen LogP contribution in [0.2, 0.25) is 5.02 Å². The maximum Gasteiger partial charge on any atom is 0.260 e. The number of hydrogen-bond acceptors (Lipinski definition) is 4. The Bertz CT molecular complexity index is 796. The van der Waals surface area contributed by atoms with Gasteiger partial charge in [0.15, 0.2) is 6.61 Å². The fourth-order valence-electron chi connectivity index (χ4n) is 2.39. The molecule has 2 amide bonds. The van der Waals surface area contributed by atoms with Crippen LogP contribution in [0.15, 0.2) is 42.5 Å². The number of hydrogen-bond donors (Lipinski definition) is 2. The van der Waals surface area contributed by atoms with E-state index in [0.717, 1.165) is 0 Å². The molecule has 2 rings (SSSR count). The second-order valence-electron chi connectivity index (χ2n) is 5.58. The molecule has 0 unspecified atom stereocenters. The number of carbonyl (C=O) groups excluding carboxylic acids is 2. The Morgan fingerprint density at radius 2 is 1.85 bits per heavy atom. The minimum atomic E-state index is -0.293. The molecule has 6 nitrogen and oxygen atoms in total. The summed E-state index contributed by atoms with van der Waals surface area (Å²) < 4.78 is 5.49. The van der Waals surface area contributed by atoms with Gasteiger partial charge in [0.2, 0.25) is 0 Å². The highest BCUT2D eigenvalue weighted by atomic mass is 35.5. The first-order valence-corrected chi connectivity index (χ1v) is 8.69. The summed E-state index contributed by atoms with van der Waals surface area (Å²) in [6.45, 7) is 4.98. The fourth-order valence-corrected chi connectivity index (χ4v) is 2.62. The zero-order valence-corrected chi connectivity index (χ0v) is 16.8. The van der Waals surface area contributed by atoms with Gasteiger partial charge in [-0.3, -0.25) is 9.59 Å². The van der Waals surface area contributed by atoms with Gasteiger partial charge in [-0.25, -0.2) is 0 Å². The molecule has 0 radical (unpaired) electrons. The van der Waals surface area contributed by atoms with Crippen LogP contribution in [0.5, 0.6) is 5.75 Å². The molecule has 0 saturated carbocycles. The van der Waals surface area contributed by atoms with Gasteiger partial charge in [-0.05, 0) is 50.2 Å². The molecule has 0 aromatic heterocycles. The fraction of sp³-hybridized carbons (Fsp3) is 0.263. The van der Waals surface area contributed by atoms with Crippen LogP contribution < -0.4 is 15.8 Å². The van der Waals surface area contributed by atoms with Crippen LogP contribution in [-0.2, 0) is 4.79 Å².